The van der Waals surface area contributed by atoms with Gasteiger partial charge in [-0.15, -0.1) is 0 Å². The Morgan fingerprint density at radius 2 is 2.00 bits per heavy atom. The molecule has 1 aromatic carbocycles. The summed E-state index contributed by atoms with van der Waals surface area (Å²) < 4.78 is 5.42. The van der Waals surface area contributed by atoms with Crippen molar-refractivity contribution in [2.45, 2.75) is 38.9 Å². The van der Waals surface area contributed by atoms with Gasteiger partial charge in [-0.1, -0.05) is 30.7 Å². The van der Waals surface area contributed by atoms with Gasteiger partial charge >= 0.3 is 0 Å². The highest BCUT2D eigenvalue weighted by Gasteiger charge is 2.16. The zero-order valence-electron chi connectivity index (χ0n) is 14.9. The van der Waals surface area contributed by atoms with Gasteiger partial charge in [0, 0.05) is 13.1 Å². The summed E-state index contributed by atoms with van der Waals surface area (Å²) in [5.41, 5.74) is 8.49. The third-order valence-corrected chi connectivity index (χ3v) is 4.78. The minimum Gasteiger partial charge on any atom is -0.468 e. The quantitative estimate of drug-likeness (QED) is 0.572. The average Bonchev–Trinajstić information content (AvgIpc) is 3.05. The smallest absolute Gasteiger partial charge is 0.188 e. The topological polar surface area (TPSA) is 66.8 Å². The first kappa shape index (κ1) is 17.5. The molecule has 25 heavy (non-hydrogen) atoms. The van der Waals surface area contributed by atoms with E-state index in [0.717, 1.165) is 31.3 Å². The van der Waals surface area contributed by atoms with Crippen LogP contribution < -0.4 is 11.1 Å². The van der Waals surface area contributed by atoms with Crippen LogP contribution in [0.1, 0.15) is 36.1 Å². The van der Waals surface area contributed by atoms with E-state index in [1.165, 1.54) is 30.4 Å². The lowest BCUT2D eigenvalue weighted by Crippen LogP contribution is -2.37. The minimum atomic E-state index is 0.547. The molecule has 3 rings (SSSR count). The van der Waals surface area contributed by atoms with E-state index in [4.69, 9.17) is 10.2 Å². The second kappa shape index (κ2) is 8.72. The van der Waals surface area contributed by atoms with E-state index in [0.29, 0.717) is 12.5 Å². The molecule has 5 nitrogen and oxygen atoms in total. The summed E-state index contributed by atoms with van der Waals surface area (Å²) in [4.78, 5) is 6.75. The molecule has 0 aliphatic heterocycles. The van der Waals surface area contributed by atoms with Crippen LogP contribution in [-0.2, 0) is 19.6 Å². The van der Waals surface area contributed by atoms with E-state index in [1.807, 2.05) is 12.1 Å². The Morgan fingerprint density at radius 1 is 1.20 bits per heavy atom. The highest BCUT2D eigenvalue weighted by molar-refractivity contribution is 5.77. The molecule has 2 aromatic rings. The molecule has 0 amide bonds. The molecule has 0 bridgehead atoms. The first-order valence-electron chi connectivity index (χ1n) is 9.02. The Hall–Kier alpha value is -2.27. The van der Waals surface area contributed by atoms with Crippen molar-refractivity contribution in [3.05, 3.63) is 59.5 Å². The molecule has 1 saturated carbocycles. The summed E-state index contributed by atoms with van der Waals surface area (Å²) in [7, 11) is 2.09. The molecule has 0 radical (unpaired) electrons. The van der Waals surface area contributed by atoms with Crippen molar-refractivity contribution in [1.29, 1.82) is 0 Å². The molecule has 134 valence electrons. The molecule has 1 aromatic heterocycles. The molecule has 1 heterocycles. The van der Waals surface area contributed by atoms with Gasteiger partial charge in [-0.2, -0.15) is 0 Å². The van der Waals surface area contributed by atoms with Crippen LogP contribution in [0.2, 0.25) is 0 Å². The Balaban J connectivity index is 1.54. The number of guanidine groups is 1. The summed E-state index contributed by atoms with van der Waals surface area (Å²) >= 11 is 0. The molecule has 0 unspecified atom stereocenters. The number of nitrogens with one attached hydrogen (secondary N) is 1. The molecule has 1 aliphatic rings. The normalized spacial score (nSPS) is 15.4. The molecule has 0 atom stereocenters. The van der Waals surface area contributed by atoms with Gasteiger partial charge in [-0.3, -0.25) is 4.90 Å². The van der Waals surface area contributed by atoms with Crippen LogP contribution in [0.3, 0.4) is 0 Å². The number of aliphatic imine (C=N–C) groups is 1. The van der Waals surface area contributed by atoms with Crippen molar-refractivity contribution in [1.82, 2.24) is 10.2 Å². The van der Waals surface area contributed by atoms with Gasteiger partial charge in [-0.05, 0) is 49.1 Å². The fraction of sp³-hybridized carbons (Fsp3) is 0.450. The lowest BCUT2D eigenvalue weighted by Gasteiger charge is -2.25. The summed E-state index contributed by atoms with van der Waals surface area (Å²) in [5.74, 6) is 2.30. The lowest BCUT2D eigenvalue weighted by atomic mass is 9.85. The molecule has 0 spiro atoms. The van der Waals surface area contributed by atoms with Crippen LogP contribution in [-0.4, -0.2) is 24.5 Å². The molecule has 1 fully saturated rings. The fourth-order valence-corrected chi connectivity index (χ4v) is 3.05. The Kier molecular flexibility index (Phi) is 6.12. The first-order chi connectivity index (χ1) is 12.2. The van der Waals surface area contributed by atoms with E-state index in [-0.39, 0.29) is 0 Å². The van der Waals surface area contributed by atoms with Crippen LogP contribution in [0.4, 0.5) is 0 Å². The maximum Gasteiger partial charge on any atom is 0.188 e. The SMILES string of the molecule is CN(Cc1ccco1)Cc1ccccc1CN=C(N)NCC1CCC1. The second-order valence-electron chi connectivity index (χ2n) is 6.90. The van der Waals surface area contributed by atoms with Crippen LogP contribution in [0, 0.1) is 5.92 Å². The Bertz CT molecular complexity index is 677. The minimum absolute atomic E-state index is 0.547. The number of rotatable bonds is 8. The molecule has 0 saturated heterocycles. The highest BCUT2D eigenvalue weighted by atomic mass is 16.3. The van der Waals surface area contributed by atoms with Gasteiger partial charge in [0.1, 0.15) is 5.76 Å². The van der Waals surface area contributed by atoms with Crippen molar-refractivity contribution in [2.75, 3.05) is 13.6 Å². The monoisotopic (exact) mass is 340 g/mol. The summed E-state index contributed by atoms with van der Waals surface area (Å²) in [5, 5.41) is 3.25. The van der Waals surface area contributed by atoms with Crippen LogP contribution in [0.15, 0.2) is 52.1 Å². The van der Waals surface area contributed by atoms with Gasteiger partial charge in [0.05, 0.1) is 19.4 Å². The number of nitrogens with two attached hydrogens (primary N) is 1. The number of nitrogens with zero attached hydrogens (tertiary/aromatic N) is 2. The second-order valence-corrected chi connectivity index (χ2v) is 6.90. The molecular weight excluding hydrogens is 312 g/mol. The van der Waals surface area contributed by atoms with Crippen molar-refractivity contribution in [3.63, 3.8) is 0 Å². The van der Waals surface area contributed by atoms with Crippen molar-refractivity contribution in [2.24, 2.45) is 16.6 Å². The van der Waals surface area contributed by atoms with Crippen LogP contribution in [0.25, 0.3) is 0 Å². The molecular formula is C20H28N4O. The van der Waals surface area contributed by atoms with E-state index in [2.05, 4.69) is 46.5 Å². The van der Waals surface area contributed by atoms with Crippen LogP contribution >= 0.6 is 0 Å². The standard InChI is InChI=1S/C20H28N4O/c1-24(15-19-10-5-11-25-19)14-18-9-3-2-8-17(18)13-23-20(21)22-12-16-6-4-7-16/h2-3,5,8-11,16H,4,6-7,12-15H2,1H3,(H3,21,22,23). The number of furan rings is 1. The Morgan fingerprint density at radius 3 is 2.68 bits per heavy atom. The summed E-state index contributed by atoms with van der Waals surface area (Å²) in [6.45, 7) is 3.19. The van der Waals surface area contributed by atoms with Gasteiger partial charge in [-0.25, -0.2) is 4.99 Å². The van der Waals surface area contributed by atoms with Crippen molar-refractivity contribution in [3.8, 4) is 0 Å². The number of hydrogen-bond donors (Lipinski definition) is 2. The van der Waals surface area contributed by atoms with E-state index >= 15 is 0 Å². The Labute approximate surface area is 149 Å². The third-order valence-electron chi connectivity index (χ3n) is 4.78. The van der Waals surface area contributed by atoms with Gasteiger partial charge < -0.3 is 15.5 Å². The van der Waals surface area contributed by atoms with Gasteiger partial charge in [0.25, 0.3) is 0 Å². The zero-order chi connectivity index (χ0) is 17.5. The summed E-state index contributed by atoms with van der Waals surface area (Å²) in [6, 6.07) is 12.3. The zero-order valence-corrected chi connectivity index (χ0v) is 14.9. The van der Waals surface area contributed by atoms with E-state index in [9.17, 15) is 0 Å². The maximum absolute atomic E-state index is 6.01. The van der Waals surface area contributed by atoms with Crippen molar-refractivity contribution < 1.29 is 4.42 Å². The van der Waals surface area contributed by atoms with Crippen LogP contribution in [0.5, 0.6) is 0 Å². The average molecular weight is 340 g/mol. The van der Waals surface area contributed by atoms with Gasteiger partial charge in [0.15, 0.2) is 5.96 Å². The summed E-state index contributed by atoms with van der Waals surface area (Å²) in [6.07, 6.45) is 5.68. The predicted molar refractivity (Wildman–Crippen MR) is 101 cm³/mol. The third kappa shape index (κ3) is 5.36. The number of benzene rings is 1. The predicted octanol–water partition coefficient (Wildman–Crippen LogP) is 3.12. The number of hydrogen-bond acceptors (Lipinski definition) is 3. The fourth-order valence-electron chi connectivity index (χ4n) is 3.05. The van der Waals surface area contributed by atoms with Crippen molar-refractivity contribution >= 4 is 5.96 Å². The highest BCUT2D eigenvalue weighted by Crippen LogP contribution is 2.25. The first-order valence-corrected chi connectivity index (χ1v) is 9.02. The maximum atomic E-state index is 6.01. The van der Waals surface area contributed by atoms with Gasteiger partial charge in [0.2, 0.25) is 0 Å². The molecule has 5 heteroatoms. The lowest BCUT2D eigenvalue weighted by molar-refractivity contribution is 0.287. The van der Waals surface area contributed by atoms with E-state index in [1.54, 1.807) is 6.26 Å². The van der Waals surface area contributed by atoms with E-state index < -0.39 is 0 Å². The largest absolute Gasteiger partial charge is 0.468 e. The molecule has 3 N–H and O–H groups in total. The molecule has 1 aliphatic carbocycles.